The van der Waals surface area contributed by atoms with Crippen LogP contribution in [-0.2, 0) is 6.42 Å². The van der Waals surface area contributed by atoms with Crippen molar-refractivity contribution in [3.05, 3.63) is 95.0 Å². The van der Waals surface area contributed by atoms with Gasteiger partial charge in [0.05, 0.1) is 25.5 Å². The smallest absolute Gasteiger partial charge is 0.413 e. The molecule has 7 heteroatoms. The van der Waals surface area contributed by atoms with Crippen molar-refractivity contribution in [2.45, 2.75) is 26.3 Å². The topological polar surface area (TPSA) is 69.7 Å². The molecule has 0 saturated heterocycles. The lowest BCUT2D eigenvalue weighted by Gasteiger charge is -2.15. The van der Waals surface area contributed by atoms with Gasteiger partial charge in [-0.1, -0.05) is 42.5 Å². The van der Waals surface area contributed by atoms with E-state index >= 15 is 0 Å². The minimum atomic E-state index is -0.517. The van der Waals surface area contributed by atoms with Gasteiger partial charge in [-0.15, -0.1) is 11.3 Å². The normalized spacial score (nSPS) is 11.5. The lowest BCUT2D eigenvalue weighted by atomic mass is 10.1. The van der Waals surface area contributed by atoms with E-state index in [4.69, 9.17) is 19.2 Å². The molecule has 35 heavy (non-hydrogen) atoms. The third-order valence-electron chi connectivity index (χ3n) is 5.51. The average molecular weight is 489 g/mol. The Bertz CT molecular complexity index is 1240. The summed E-state index contributed by atoms with van der Waals surface area (Å²) in [4.78, 5) is 18.2. The van der Waals surface area contributed by atoms with Gasteiger partial charge in [-0.25, -0.2) is 9.78 Å². The van der Waals surface area contributed by atoms with Gasteiger partial charge < -0.3 is 19.5 Å². The van der Waals surface area contributed by atoms with Crippen LogP contribution in [0, 0.1) is 6.92 Å². The Balaban J connectivity index is 1.25. The first-order chi connectivity index (χ1) is 17.0. The van der Waals surface area contributed by atoms with E-state index in [1.165, 1.54) is 4.88 Å². The number of carbonyl (C=O) groups is 1. The van der Waals surface area contributed by atoms with Crippen molar-refractivity contribution in [1.82, 2.24) is 10.3 Å². The Morgan fingerprint density at radius 2 is 1.60 bits per heavy atom. The molecule has 1 N–H and O–H groups in total. The van der Waals surface area contributed by atoms with Gasteiger partial charge in [0.15, 0.2) is 0 Å². The van der Waals surface area contributed by atoms with Crippen molar-refractivity contribution < 1.29 is 19.0 Å². The fraction of sp³-hybridized carbons (Fsp3) is 0.214. The first kappa shape index (κ1) is 24.3. The number of benzene rings is 3. The van der Waals surface area contributed by atoms with Crippen LogP contribution in [-0.4, -0.2) is 24.8 Å². The van der Waals surface area contributed by atoms with Gasteiger partial charge in [0.25, 0.3) is 0 Å². The monoisotopic (exact) mass is 488 g/mol. The quantitative estimate of drug-likeness (QED) is 0.287. The number of aromatic nitrogens is 1. The molecular weight excluding hydrogens is 460 g/mol. The third kappa shape index (κ3) is 6.61. The molecule has 180 valence electrons. The maximum atomic E-state index is 12.2. The number of ether oxygens (including phenoxy) is 3. The van der Waals surface area contributed by atoms with Crippen LogP contribution in [0.2, 0.25) is 0 Å². The number of aryl methyl sites for hydroxylation is 1. The summed E-state index contributed by atoms with van der Waals surface area (Å²) >= 11 is 1.71. The van der Waals surface area contributed by atoms with Gasteiger partial charge in [-0.3, -0.25) is 0 Å². The largest absolute Gasteiger partial charge is 0.497 e. The zero-order valence-electron chi connectivity index (χ0n) is 20.0. The Kier molecular flexibility index (Phi) is 8.00. The summed E-state index contributed by atoms with van der Waals surface area (Å²) in [5, 5.41) is 3.88. The number of hydrogen-bond donors (Lipinski definition) is 1. The number of amides is 1. The van der Waals surface area contributed by atoms with Crippen molar-refractivity contribution in [3.63, 3.8) is 0 Å². The summed E-state index contributed by atoms with van der Waals surface area (Å²) in [6.07, 6.45) is 0.225. The zero-order valence-corrected chi connectivity index (χ0v) is 20.8. The summed E-state index contributed by atoms with van der Waals surface area (Å²) in [7, 11) is 1.59. The molecule has 0 aliphatic heterocycles. The van der Waals surface area contributed by atoms with E-state index in [0.29, 0.717) is 18.1 Å². The number of methoxy groups -OCH3 is 1. The Labute approximate surface area is 209 Å². The summed E-state index contributed by atoms with van der Waals surface area (Å²) < 4.78 is 16.4. The highest BCUT2D eigenvalue weighted by Crippen LogP contribution is 2.28. The Morgan fingerprint density at radius 3 is 2.29 bits per heavy atom. The summed E-state index contributed by atoms with van der Waals surface area (Å²) in [5.74, 6) is 1.93. The predicted octanol–water partition coefficient (Wildman–Crippen LogP) is 6.60. The van der Waals surface area contributed by atoms with Crippen LogP contribution < -0.4 is 19.5 Å². The first-order valence-corrected chi connectivity index (χ1v) is 12.2. The van der Waals surface area contributed by atoms with Gasteiger partial charge in [0.2, 0.25) is 0 Å². The number of nitrogens with one attached hydrogen (secondary N) is 1. The standard InChI is InChI=1S/C28H28N2O4S/c1-19(29-28(31)34-25-15-13-23(32-3)14-16-25)21-9-11-24(12-10-21)33-18-17-26-20(2)35-27(30-26)22-7-5-4-6-8-22/h4-16,19H,17-18H2,1-3H3,(H,29,31). The second kappa shape index (κ2) is 11.5. The highest BCUT2D eigenvalue weighted by Gasteiger charge is 2.12. The van der Waals surface area contributed by atoms with E-state index in [0.717, 1.165) is 34.0 Å². The molecule has 3 aromatic carbocycles. The number of nitrogens with zero attached hydrogens (tertiary/aromatic N) is 1. The molecule has 4 rings (SSSR count). The lowest BCUT2D eigenvalue weighted by Crippen LogP contribution is -2.29. The van der Waals surface area contributed by atoms with Gasteiger partial charge >= 0.3 is 6.09 Å². The molecule has 0 bridgehead atoms. The molecule has 0 fully saturated rings. The fourth-order valence-electron chi connectivity index (χ4n) is 3.52. The van der Waals surface area contributed by atoms with Crippen molar-refractivity contribution in [2.75, 3.05) is 13.7 Å². The van der Waals surface area contributed by atoms with Gasteiger partial charge in [-0.05, 0) is 55.8 Å². The van der Waals surface area contributed by atoms with Crippen LogP contribution in [0.4, 0.5) is 4.79 Å². The molecular formula is C28H28N2O4S. The third-order valence-corrected chi connectivity index (χ3v) is 6.57. The Hall–Kier alpha value is -3.84. The summed E-state index contributed by atoms with van der Waals surface area (Å²) in [6, 6.07) is 24.5. The second-order valence-corrected chi connectivity index (χ2v) is 9.19. The van der Waals surface area contributed by atoms with Crippen molar-refractivity contribution in [2.24, 2.45) is 0 Å². The number of carbonyl (C=O) groups excluding carboxylic acids is 1. The maximum absolute atomic E-state index is 12.2. The highest BCUT2D eigenvalue weighted by molar-refractivity contribution is 7.15. The molecule has 1 atom stereocenters. The fourth-order valence-corrected chi connectivity index (χ4v) is 4.49. The SMILES string of the molecule is COc1ccc(OC(=O)NC(C)c2ccc(OCCc3nc(-c4ccccc4)sc3C)cc2)cc1. The van der Waals surface area contributed by atoms with E-state index in [9.17, 15) is 4.79 Å². The molecule has 1 amide bonds. The van der Waals surface area contributed by atoms with E-state index in [1.54, 1.807) is 42.7 Å². The van der Waals surface area contributed by atoms with Gasteiger partial charge in [0.1, 0.15) is 22.3 Å². The van der Waals surface area contributed by atoms with Crippen LogP contribution in [0.3, 0.4) is 0 Å². The van der Waals surface area contributed by atoms with Gasteiger partial charge in [0, 0.05) is 16.9 Å². The van der Waals surface area contributed by atoms with Crippen LogP contribution in [0.1, 0.15) is 29.1 Å². The van der Waals surface area contributed by atoms with E-state index < -0.39 is 6.09 Å². The van der Waals surface area contributed by atoms with Crippen LogP contribution >= 0.6 is 11.3 Å². The molecule has 0 aliphatic carbocycles. The van der Waals surface area contributed by atoms with Crippen molar-refractivity contribution >= 4 is 17.4 Å². The molecule has 0 aliphatic rings. The molecule has 4 aromatic rings. The minimum Gasteiger partial charge on any atom is -0.497 e. The van der Waals surface area contributed by atoms with Crippen LogP contribution in [0.25, 0.3) is 10.6 Å². The van der Waals surface area contributed by atoms with Crippen molar-refractivity contribution in [1.29, 1.82) is 0 Å². The molecule has 0 radical (unpaired) electrons. The summed E-state index contributed by atoms with van der Waals surface area (Å²) in [6.45, 7) is 4.54. The number of thiazole rings is 1. The second-order valence-electron chi connectivity index (χ2n) is 7.99. The molecule has 0 saturated carbocycles. The maximum Gasteiger partial charge on any atom is 0.413 e. The van der Waals surface area contributed by atoms with Crippen LogP contribution in [0.5, 0.6) is 17.2 Å². The molecule has 1 unspecified atom stereocenters. The molecule has 0 spiro atoms. The van der Waals surface area contributed by atoms with Crippen molar-refractivity contribution in [3.8, 4) is 27.8 Å². The molecule has 1 aromatic heterocycles. The highest BCUT2D eigenvalue weighted by atomic mass is 32.1. The minimum absolute atomic E-state index is 0.219. The first-order valence-electron chi connectivity index (χ1n) is 11.4. The number of hydrogen-bond acceptors (Lipinski definition) is 6. The van der Waals surface area contributed by atoms with E-state index in [1.807, 2.05) is 49.4 Å². The Morgan fingerprint density at radius 1 is 0.943 bits per heavy atom. The number of rotatable bonds is 9. The van der Waals surface area contributed by atoms with Gasteiger partial charge in [-0.2, -0.15) is 0 Å². The summed E-state index contributed by atoms with van der Waals surface area (Å²) in [5.41, 5.74) is 3.16. The molecule has 1 heterocycles. The van der Waals surface area contributed by atoms with E-state index in [-0.39, 0.29) is 6.04 Å². The van der Waals surface area contributed by atoms with E-state index in [2.05, 4.69) is 24.4 Å². The van der Waals surface area contributed by atoms with Crippen LogP contribution in [0.15, 0.2) is 78.9 Å². The predicted molar refractivity (Wildman–Crippen MR) is 138 cm³/mol. The lowest BCUT2D eigenvalue weighted by molar-refractivity contribution is 0.197. The average Bonchev–Trinajstić information content (AvgIpc) is 3.25. The zero-order chi connectivity index (χ0) is 24.6. The molecule has 6 nitrogen and oxygen atoms in total.